The normalized spacial score (nSPS) is 10.4. The zero-order valence-electron chi connectivity index (χ0n) is 16.3. The molecule has 1 aromatic heterocycles. The second kappa shape index (κ2) is 9.36. The topological polar surface area (TPSA) is 102 Å². The van der Waals surface area contributed by atoms with Gasteiger partial charge in [-0.3, -0.25) is 20.4 Å². The maximum absolute atomic E-state index is 12.3. The van der Waals surface area contributed by atoms with Crippen LogP contribution in [0.25, 0.3) is 5.69 Å². The van der Waals surface area contributed by atoms with Gasteiger partial charge in [-0.2, -0.15) is 5.10 Å². The Morgan fingerprint density at radius 2 is 1.50 bits per heavy atom. The van der Waals surface area contributed by atoms with Crippen LogP contribution in [0.5, 0.6) is 0 Å². The van der Waals surface area contributed by atoms with E-state index in [2.05, 4.69) is 31.9 Å². The number of carbonyl (C=O) groups is 3. The lowest BCUT2D eigenvalue weighted by molar-refractivity contribution is 0.0525. The molecule has 9 heteroatoms. The summed E-state index contributed by atoms with van der Waals surface area (Å²) < 4.78 is 7.45. The van der Waals surface area contributed by atoms with Crippen LogP contribution in [-0.2, 0) is 4.74 Å². The van der Waals surface area contributed by atoms with Gasteiger partial charge in [-0.15, -0.1) is 0 Å². The van der Waals surface area contributed by atoms with Gasteiger partial charge in [0.15, 0.2) is 0 Å². The Bertz CT molecular complexity index is 1080. The first-order valence-corrected chi connectivity index (χ1v) is 9.88. The molecule has 0 unspecified atom stereocenters. The first-order chi connectivity index (χ1) is 14.4. The van der Waals surface area contributed by atoms with E-state index in [0.717, 1.165) is 4.47 Å². The molecular weight excluding hydrogens is 452 g/mol. The van der Waals surface area contributed by atoms with E-state index in [-0.39, 0.29) is 6.61 Å². The molecule has 2 N–H and O–H groups in total. The van der Waals surface area contributed by atoms with Gasteiger partial charge in [0.25, 0.3) is 11.8 Å². The number of nitrogens with zero attached hydrogens (tertiary/aromatic N) is 2. The second-order valence-electron chi connectivity index (χ2n) is 6.24. The summed E-state index contributed by atoms with van der Waals surface area (Å²) in [5, 5.41) is 4.22. The number of ether oxygens (including phenoxy) is 1. The molecule has 2 aromatic carbocycles. The molecule has 0 aliphatic heterocycles. The summed E-state index contributed by atoms with van der Waals surface area (Å²) in [6, 6.07) is 13.3. The van der Waals surface area contributed by atoms with Gasteiger partial charge < -0.3 is 4.74 Å². The molecule has 8 nitrogen and oxygen atoms in total. The first kappa shape index (κ1) is 21.3. The maximum Gasteiger partial charge on any atom is 0.341 e. The molecule has 0 radical (unpaired) electrons. The van der Waals surface area contributed by atoms with E-state index in [1.165, 1.54) is 6.20 Å². The molecular formula is C21H19BrN4O4. The third-order valence-electron chi connectivity index (χ3n) is 4.28. The summed E-state index contributed by atoms with van der Waals surface area (Å²) in [6.07, 6.45) is 1.45. The zero-order chi connectivity index (χ0) is 21.7. The van der Waals surface area contributed by atoms with Gasteiger partial charge in [-0.05, 0) is 62.4 Å². The van der Waals surface area contributed by atoms with Crippen molar-refractivity contribution in [2.75, 3.05) is 6.61 Å². The van der Waals surface area contributed by atoms with E-state index in [4.69, 9.17) is 4.74 Å². The number of benzene rings is 2. The molecule has 0 bridgehead atoms. The van der Waals surface area contributed by atoms with E-state index in [9.17, 15) is 14.4 Å². The van der Waals surface area contributed by atoms with Crippen molar-refractivity contribution in [2.24, 2.45) is 0 Å². The predicted molar refractivity (Wildman–Crippen MR) is 113 cm³/mol. The van der Waals surface area contributed by atoms with Crippen LogP contribution in [0.3, 0.4) is 0 Å². The van der Waals surface area contributed by atoms with Crippen LogP contribution in [-0.4, -0.2) is 34.2 Å². The Kier molecular flexibility index (Phi) is 6.63. The van der Waals surface area contributed by atoms with E-state index >= 15 is 0 Å². The number of aromatic nitrogens is 2. The molecule has 0 aliphatic rings. The lowest BCUT2D eigenvalue weighted by atomic mass is 10.2. The van der Waals surface area contributed by atoms with E-state index in [0.29, 0.717) is 28.1 Å². The standard InChI is InChI=1S/C21H19BrN4O4/c1-3-30-21(29)18-12-23-26(13(18)2)17-10-6-15(7-11-17)20(28)25-24-19(27)14-4-8-16(22)9-5-14/h4-12H,3H2,1-2H3,(H,24,27)(H,25,28). The third kappa shape index (κ3) is 4.74. The highest BCUT2D eigenvalue weighted by atomic mass is 79.9. The van der Waals surface area contributed by atoms with E-state index in [1.54, 1.807) is 67.1 Å². The number of hydrogen-bond donors (Lipinski definition) is 2. The van der Waals surface area contributed by atoms with Crippen molar-refractivity contribution in [3.05, 3.63) is 81.6 Å². The van der Waals surface area contributed by atoms with Gasteiger partial charge >= 0.3 is 5.97 Å². The number of nitrogens with one attached hydrogen (secondary N) is 2. The van der Waals surface area contributed by atoms with Gasteiger partial charge in [0.1, 0.15) is 5.56 Å². The quantitative estimate of drug-likeness (QED) is 0.440. The van der Waals surface area contributed by atoms with Crippen LogP contribution in [0, 0.1) is 6.92 Å². The molecule has 30 heavy (non-hydrogen) atoms. The van der Waals surface area contributed by atoms with Gasteiger partial charge in [-0.25, -0.2) is 9.48 Å². The Balaban J connectivity index is 1.65. The van der Waals surface area contributed by atoms with Gasteiger partial charge in [0, 0.05) is 15.6 Å². The van der Waals surface area contributed by atoms with Gasteiger partial charge in [-0.1, -0.05) is 15.9 Å². The molecule has 0 saturated carbocycles. The van der Waals surface area contributed by atoms with Crippen molar-refractivity contribution in [1.29, 1.82) is 0 Å². The molecule has 154 valence electrons. The van der Waals surface area contributed by atoms with Crippen molar-refractivity contribution < 1.29 is 19.1 Å². The van der Waals surface area contributed by atoms with Crippen LogP contribution >= 0.6 is 15.9 Å². The molecule has 0 atom stereocenters. The monoisotopic (exact) mass is 470 g/mol. The summed E-state index contributed by atoms with van der Waals surface area (Å²) in [5.74, 6) is -1.32. The van der Waals surface area contributed by atoms with Crippen molar-refractivity contribution in [3.8, 4) is 5.69 Å². The number of esters is 1. The fraction of sp³-hybridized carbons (Fsp3) is 0.143. The van der Waals surface area contributed by atoms with Crippen molar-refractivity contribution >= 4 is 33.7 Å². The van der Waals surface area contributed by atoms with Crippen LogP contribution in [0.15, 0.2) is 59.2 Å². The Hall–Kier alpha value is -3.46. The summed E-state index contributed by atoms with van der Waals surface area (Å²) in [6.45, 7) is 3.78. The highest BCUT2D eigenvalue weighted by molar-refractivity contribution is 9.10. The van der Waals surface area contributed by atoms with E-state index in [1.807, 2.05) is 0 Å². The van der Waals surface area contributed by atoms with E-state index < -0.39 is 17.8 Å². The summed E-state index contributed by atoms with van der Waals surface area (Å²) in [7, 11) is 0. The number of amides is 2. The summed E-state index contributed by atoms with van der Waals surface area (Å²) in [5.41, 5.74) is 7.22. The smallest absolute Gasteiger partial charge is 0.341 e. The largest absolute Gasteiger partial charge is 0.462 e. The third-order valence-corrected chi connectivity index (χ3v) is 4.80. The van der Waals surface area contributed by atoms with Crippen LogP contribution < -0.4 is 10.9 Å². The predicted octanol–water partition coefficient (Wildman–Crippen LogP) is 3.19. The average molecular weight is 471 g/mol. The highest BCUT2D eigenvalue weighted by Crippen LogP contribution is 2.16. The highest BCUT2D eigenvalue weighted by Gasteiger charge is 2.16. The Labute approximate surface area is 181 Å². The zero-order valence-corrected chi connectivity index (χ0v) is 17.9. The number of rotatable bonds is 5. The second-order valence-corrected chi connectivity index (χ2v) is 7.15. The molecule has 0 spiro atoms. The number of halogens is 1. The summed E-state index contributed by atoms with van der Waals surface area (Å²) in [4.78, 5) is 36.3. The minimum atomic E-state index is -0.462. The van der Waals surface area contributed by atoms with Gasteiger partial charge in [0.2, 0.25) is 0 Å². The minimum Gasteiger partial charge on any atom is -0.462 e. The molecule has 3 rings (SSSR count). The van der Waals surface area contributed by atoms with Crippen LogP contribution in [0.4, 0.5) is 0 Å². The Morgan fingerprint density at radius 3 is 2.03 bits per heavy atom. The molecule has 0 fully saturated rings. The van der Waals surface area contributed by atoms with Crippen LogP contribution in [0.1, 0.15) is 43.7 Å². The van der Waals surface area contributed by atoms with Crippen LogP contribution in [0.2, 0.25) is 0 Å². The molecule has 1 heterocycles. The molecule has 0 saturated heterocycles. The Morgan fingerprint density at radius 1 is 0.967 bits per heavy atom. The van der Waals surface area contributed by atoms with Crippen molar-refractivity contribution in [3.63, 3.8) is 0 Å². The average Bonchev–Trinajstić information content (AvgIpc) is 3.14. The molecule has 3 aromatic rings. The first-order valence-electron chi connectivity index (χ1n) is 9.09. The maximum atomic E-state index is 12.3. The number of hydrazine groups is 1. The lowest BCUT2D eigenvalue weighted by Crippen LogP contribution is -2.41. The molecule has 0 aliphatic carbocycles. The van der Waals surface area contributed by atoms with Crippen molar-refractivity contribution in [2.45, 2.75) is 13.8 Å². The fourth-order valence-electron chi connectivity index (χ4n) is 2.69. The SMILES string of the molecule is CCOC(=O)c1cnn(-c2ccc(C(=O)NNC(=O)c3ccc(Br)cc3)cc2)c1C. The minimum absolute atomic E-state index is 0.283. The van der Waals surface area contributed by atoms with Crippen molar-refractivity contribution in [1.82, 2.24) is 20.6 Å². The number of carbonyl (C=O) groups excluding carboxylic acids is 3. The van der Waals surface area contributed by atoms with Gasteiger partial charge in [0.05, 0.1) is 24.2 Å². The lowest BCUT2D eigenvalue weighted by Gasteiger charge is -2.09. The molecule has 2 amide bonds. The summed E-state index contributed by atoms with van der Waals surface area (Å²) >= 11 is 3.30. The fourth-order valence-corrected chi connectivity index (χ4v) is 2.96. The number of hydrogen-bond acceptors (Lipinski definition) is 5.